The molecule has 7 heteroatoms. The molecule has 0 N–H and O–H groups in total. The Labute approximate surface area is 107 Å². The number of halogens is 2. The number of esters is 1. The van der Waals surface area contributed by atoms with E-state index >= 15 is 0 Å². The van der Waals surface area contributed by atoms with Crippen molar-refractivity contribution in [2.45, 2.75) is 13.0 Å². The largest absolute Gasteiger partial charge is 0.464 e. The van der Waals surface area contributed by atoms with Gasteiger partial charge < -0.3 is 4.74 Å². The molecule has 0 aliphatic rings. The van der Waals surface area contributed by atoms with E-state index in [0.29, 0.717) is 5.56 Å². The first-order valence-electron chi connectivity index (χ1n) is 5.45. The number of carbonyl (C=O) groups is 1. The average molecular weight is 267 g/mol. The predicted molar refractivity (Wildman–Crippen MR) is 61.9 cm³/mol. The van der Waals surface area contributed by atoms with Crippen molar-refractivity contribution in [2.75, 3.05) is 7.11 Å². The zero-order valence-electron chi connectivity index (χ0n) is 10.1. The lowest BCUT2D eigenvalue weighted by molar-refractivity contribution is 0.0592. The van der Waals surface area contributed by atoms with Gasteiger partial charge in [-0.3, -0.25) is 4.68 Å². The molecule has 100 valence electrons. The lowest BCUT2D eigenvalue weighted by atomic mass is 10.1. The van der Waals surface area contributed by atoms with Crippen LogP contribution >= 0.6 is 0 Å². The Morgan fingerprint density at radius 1 is 1.47 bits per heavy atom. The molecule has 0 aliphatic heterocycles. The summed E-state index contributed by atoms with van der Waals surface area (Å²) < 4.78 is 31.9. The van der Waals surface area contributed by atoms with Crippen molar-refractivity contribution in [1.29, 1.82) is 0 Å². The molecule has 5 nitrogen and oxygen atoms in total. The molecule has 2 aromatic rings. The summed E-state index contributed by atoms with van der Waals surface area (Å²) in [4.78, 5) is 14.9. The molecule has 2 aromatic heterocycles. The third-order valence-corrected chi connectivity index (χ3v) is 2.51. The number of alkyl halides is 2. The maximum absolute atomic E-state index is 13.0. The molecule has 0 amide bonds. The van der Waals surface area contributed by atoms with Crippen LogP contribution in [0.2, 0.25) is 0 Å². The van der Waals surface area contributed by atoms with Gasteiger partial charge in [-0.25, -0.2) is 18.6 Å². The highest BCUT2D eigenvalue weighted by Gasteiger charge is 2.18. The van der Waals surface area contributed by atoms with Crippen molar-refractivity contribution in [3.05, 3.63) is 47.5 Å². The molecule has 0 spiro atoms. The molecular formula is C12H11F2N3O2. The van der Waals surface area contributed by atoms with Crippen molar-refractivity contribution in [2.24, 2.45) is 0 Å². The van der Waals surface area contributed by atoms with E-state index in [-0.39, 0.29) is 12.2 Å². The van der Waals surface area contributed by atoms with Gasteiger partial charge in [0.25, 0.3) is 6.43 Å². The highest BCUT2D eigenvalue weighted by molar-refractivity contribution is 5.87. The number of carbonyl (C=O) groups excluding carboxylic acids is 1. The van der Waals surface area contributed by atoms with E-state index in [1.54, 1.807) is 18.5 Å². The lowest BCUT2D eigenvalue weighted by Crippen LogP contribution is -2.11. The van der Waals surface area contributed by atoms with Crippen molar-refractivity contribution < 1.29 is 18.3 Å². The molecule has 19 heavy (non-hydrogen) atoms. The normalized spacial score (nSPS) is 10.7. The monoisotopic (exact) mass is 267 g/mol. The number of ether oxygens (including phenoxy) is 1. The molecule has 0 aliphatic carbocycles. The van der Waals surface area contributed by atoms with Crippen LogP contribution < -0.4 is 0 Å². The zero-order valence-corrected chi connectivity index (χ0v) is 10.1. The fraction of sp³-hybridized carbons (Fsp3) is 0.250. The van der Waals surface area contributed by atoms with Crippen molar-refractivity contribution in [3.8, 4) is 0 Å². The molecule has 0 atom stereocenters. The van der Waals surface area contributed by atoms with E-state index < -0.39 is 18.1 Å². The van der Waals surface area contributed by atoms with E-state index in [1.165, 1.54) is 23.9 Å². The van der Waals surface area contributed by atoms with Gasteiger partial charge in [0.05, 0.1) is 13.7 Å². The second kappa shape index (κ2) is 5.55. The summed E-state index contributed by atoms with van der Waals surface area (Å²) in [5.74, 6) is -0.743. The molecule has 0 unspecified atom stereocenters. The predicted octanol–water partition coefficient (Wildman–Crippen LogP) is 2.05. The minimum atomic E-state index is -2.77. The maximum Gasteiger partial charge on any atom is 0.356 e. The van der Waals surface area contributed by atoms with Gasteiger partial charge in [0.2, 0.25) is 0 Å². The van der Waals surface area contributed by atoms with E-state index in [9.17, 15) is 13.6 Å². The lowest BCUT2D eigenvalue weighted by Gasteiger charge is -2.09. The number of nitrogens with zero attached hydrogens (tertiary/aromatic N) is 3. The van der Waals surface area contributed by atoms with Crippen LogP contribution in [0.4, 0.5) is 8.78 Å². The minimum absolute atomic E-state index is 0.137. The summed E-state index contributed by atoms with van der Waals surface area (Å²) in [6.45, 7) is 0.168. The third kappa shape index (κ3) is 2.93. The van der Waals surface area contributed by atoms with Crippen LogP contribution in [-0.2, 0) is 11.3 Å². The first-order chi connectivity index (χ1) is 9.11. The van der Waals surface area contributed by atoms with Gasteiger partial charge in [0.15, 0.2) is 0 Å². The molecule has 0 fully saturated rings. The molecule has 0 saturated carbocycles. The average Bonchev–Trinajstić information content (AvgIpc) is 2.91. The Kier molecular flexibility index (Phi) is 3.84. The molecule has 0 saturated heterocycles. The second-order valence-corrected chi connectivity index (χ2v) is 3.74. The Hall–Kier alpha value is -2.31. The Morgan fingerprint density at radius 3 is 2.84 bits per heavy atom. The Bertz CT molecular complexity index is 570. The van der Waals surface area contributed by atoms with Gasteiger partial charge in [-0.05, 0) is 12.1 Å². The van der Waals surface area contributed by atoms with E-state index in [1.807, 2.05) is 0 Å². The fourth-order valence-electron chi connectivity index (χ4n) is 1.61. The standard InChI is InChI=1S/C12H11F2N3O2/c1-19-12(18)9-4-3-8(10(16-9)11(13)14)7-17-6-2-5-15-17/h2-6,11H,7H2,1H3. The van der Waals surface area contributed by atoms with Crippen LogP contribution in [0.5, 0.6) is 0 Å². The summed E-state index contributed by atoms with van der Waals surface area (Å²) in [7, 11) is 1.17. The first-order valence-corrected chi connectivity index (χ1v) is 5.45. The van der Waals surface area contributed by atoms with Gasteiger partial charge in [-0.2, -0.15) is 5.10 Å². The van der Waals surface area contributed by atoms with Gasteiger partial charge in [-0.1, -0.05) is 6.07 Å². The number of pyridine rings is 1. The quantitative estimate of drug-likeness (QED) is 0.795. The SMILES string of the molecule is COC(=O)c1ccc(Cn2cccn2)c(C(F)F)n1. The third-order valence-electron chi connectivity index (χ3n) is 2.51. The van der Waals surface area contributed by atoms with Crippen LogP contribution in [-0.4, -0.2) is 27.8 Å². The van der Waals surface area contributed by atoms with Crippen molar-refractivity contribution in [3.63, 3.8) is 0 Å². The van der Waals surface area contributed by atoms with Crippen molar-refractivity contribution >= 4 is 5.97 Å². The summed E-state index contributed by atoms with van der Waals surface area (Å²) in [6.07, 6.45) is 0.442. The van der Waals surface area contributed by atoms with Crippen molar-refractivity contribution in [1.82, 2.24) is 14.8 Å². The fourth-order valence-corrected chi connectivity index (χ4v) is 1.61. The first kappa shape index (κ1) is 13.1. The topological polar surface area (TPSA) is 57.0 Å². The number of hydrogen-bond acceptors (Lipinski definition) is 4. The van der Waals surface area contributed by atoms with E-state index in [4.69, 9.17) is 0 Å². The van der Waals surface area contributed by atoms with E-state index in [2.05, 4.69) is 14.8 Å². The molecular weight excluding hydrogens is 256 g/mol. The van der Waals surface area contributed by atoms with Gasteiger partial charge >= 0.3 is 5.97 Å². The van der Waals surface area contributed by atoms with Gasteiger partial charge in [0.1, 0.15) is 11.4 Å². The van der Waals surface area contributed by atoms with Crippen LogP contribution in [0.3, 0.4) is 0 Å². The molecule has 2 rings (SSSR count). The van der Waals surface area contributed by atoms with Crippen LogP contribution in [0.15, 0.2) is 30.6 Å². The molecule has 0 bridgehead atoms. The Balaban J connectivity index is 2.35. The highest BCUT2D eigenvalue weighted by atomic mass is 19.3. The van der Waals surface area contributed by atoms with Crippen LogP contribution in [0.1, 0.15) is 28.2 Å². The maximum atomic E-state index is 13.0. The number of rotatable bonds is 4. The Morgan fingerprint density at radius 2 is 2.26 bits per heavy atom. The van der Waals surface area contributed by atoms with Gasteiger partial charge in [0, 0.05) is 18.0 Å². The molecule has 0 aromatic carbocycles. The summed E-state index contributed by atoms with van der Waals surface area (Å²) in [5, 5.41) is 3.94. The second-order valence-electron chi connectivity index (χ2n) is 3.74. The molecule has 2 heterocycles. The summed E-state index contributed by atoms with van der Waals surface area (Å²) >= 11 is 0. The highest BCUT2D eigenvalue weighted by Crippen LogP contribution is 2.22. The van der Waals surface area contributed by atoms with E-state index in [0.717, 1.165) is 0 Å². The zero-order chi connectivity index (χ0) is 13.8. The van der Waals surface area contributed by atoms with Gasteiger partial charge in [-0.15, -0.1) is 0 Å². The number of methoxy groups -OCH3 is 1. The number of hydrogen-bond donors (Lipinski definition) is 0. The van der Waals surface area contributed by atoms with Crippen LogP contribution in [0.25, 0.3) is 0 Å². The summed E-state index contributed by atoms with van der Waals surface area (Å²) in [6, 6.07) is 4.48. The molecule has 0 radical (unpaired) electrons. The van der Waals surface area contributed by atoms with Crippen LogP contribution in [0, 0.1) is 0 Å². The number of aromatic nitrogens is 3. The summed E-state index contributed by atoms with van der Waals surface area (Å²) in [5.41, 5.74) is -0.258. The smallest absolute Gasteiger partial charge is 0.356 e. The minimum Gasteiger partial charge on any atom is -0.464 e.